The summed E-state index contributed by atoms with van der Waals surface area (Å²) in [6.07, 6.45) is 1.50. The van der Waals surface area contributed by atoms with E-state index in [1.165, 1.54) is 11.9 Å². The van der Waals surface area contributed by atoms with Gasteiger partial charge in [-0.25, -0.2) is 4.68 Å². The van der Waals surface area contributed by atoms with Crippen LogP contribution >= 0.6 is 0 Å². The van der Waals surface area contributed by atoms with Crippen molar-refractivity contribution < 1.29 is 4.79 Å². The van der Waals surface area contributed by atoms with Crippen molar-refractivity contribution in [3.63, 3.8) is 0 Å². The molecule has 4 rings (SSSR count). The standard InChI is InChI=1S/C22H23N5O/c1-13-5-8-17(9-6-13)20-19(16(4)25-22-23-12-24-27(20)22)21(28)26-18-10-7-14(2)11-15(18)3/h5-12,20H,1-4H3,(H,26,28)(H,23,24,25)/t20-/m0/s1. The number of carbonyl (C=O) groups is 1. The molecule has 0 spiro atoms. The van der Waals surface area contributed by atoms with Crippen molar-refractivity contribution in [1.82, 2.24) is 14.8 Å². The van der Waals surface area contributed by atoms with Crippen LogP contribution in [-0.2, 0) is 4.79 Å². The first-order valence-electron chi connectivity index (χ1n) is 9.26. The van der Waals surface area contributed by atoms with E-state index in [4.69, 9.17) is 0 Å². The van der Waals surface area contributed by atoms with Crippen LogP contribution in [0, 0.1) is 20.8 Å². The summed E-state index contributed by atoms with van der Waals surface area (Å²) in [5.74, 6) is 0.481. The maximum Gasteiger partial charge on any atom is 0.255 e. The third kappa shape index (κ3) is 3.17. The molecule has 0 fully saturated rings. The van der Waals surface area contributed by atoms with Gasteiger partial charge >= 0.3 is 0 Å². The van der Waals surface area contributed by atoms with Crippen LogP contribution < -0.4 is 10.6 Å². The van der Waals surface area contributed by atoms with E-state index in [1.807, 2.05) is 64.1 Å². The number of hydrogen-bond donors (Lipinski definition) is 2. The van der Waals surface area contributed by atoms with Crippen LogP contribution in [0.25, 0.3) is 0 Å². The van der Waals surface area contributed by atoms with Gasteiger partial charge in [0.15, 0.2) is 0 Å². The zero-order chi connectivity index (χ0) is 19.8. The monoisotopic (exact) mass is 373 g/mol. The minimum absolute atomic E-state index is 0.149. The van der Waals surface area contributed by atoms with E-state index in [9.17, 15) is 4.79 Å². The molecule has 6 nitrogen and oxygen atoms in total. The smallest absolute Gasteiger partial charge is 0.255 e. The lowest BCUT2D eigenvalue weighted by Crippen LogP contribution is -2.31. The Morgan fingerprint density at radius 1 is 1.04 bits per heavy atom. The Labute approximate surface area is 164 Å². The molecule has 6 heteroatoms. The van der Waals surface area contributed by atoms with E-state index in [0.29, 0.717) is 11.5 Å². The van der Waals surface area contributed by atoms with Crippen LogP contribution in [0.3, 0.4) is 0 Å². The number of fused-ring (bicyclic) bond motifs is 1. The van der Waals surface area contributed by atoms with Crippen molar-refractivity contribution in [1.29, 1.82) is 0 Å². The van der Waals surface area contributed by atoms with Gasteiger partial charge in [-0.15, -0.1) is 0 Å². The van der Waals surface area contributed by atoms with Gasteiger partial charge in [-0.05, 0) is 44.9 Å². The number of benzene rings is 2. The van der Waals surface area contributed by atoms with Gasteiger partial charge in [0.2, 0.25) is 5.95 Å². The molecule has 2 aromatic carbocycles. The van der Waals surface area contributed by atoms with Gasteiger partial charge < -0.3 is 10.6 Å². The summed E-state index contributed by atoms with van der Waals surface area (Å²) in [4.78, 5) is 17.6. The number of rotatable bonds is 3. The van der Waals surface area contributed by atoms with E-state index in [-0.39, 0.29) is 11.9 Å². The number of hydrogen-bond acceptors (Lipinski definition) is 4. The van der Waals surface area contributed by atoms with Crippen molar-refractivity contribution in [3.05, 3.63) is 82.3 Å². The normalized spacial score (nSPS) is 15.8. The molecule has 1 atom stereocenters. The molecule has 1 aliphatic rings. The number of nitrogens with zero attached hydrogens (tertiary/aromatic N) is 3. The fourth-order valence-corrected chi connectivity index (χ4v) is 3.59. The summed E-state index contributed by atoms with van der Waals surface area (Å²) in [6, 6.07) is 13.8. The Hall–Kier alpha value is -3.41. The number of aryl methyl sites for hydroxylation is 3. The maximum absolute atomic E-state index is 13.3. The topological polar surface area (TPSA) is 71.8 Å². The van der Waals surface area contributed by atoms with Gasteiger partial charge in [0.05, 0.1) is 5.57 Å². The van der Waals surface area contributed by atoms with Gasteiger partial charge in [0, 0.05) is 11.4 Å². The van der Waals surface area contributed by atoms with Gasteiger partial charge in [0.25, 0.3) is 5.91 Å². The van der Waals surface area contributed by atoms with Crippen LogP contribution in [0.2, 0.25) is 0 Å². The summed E-state index contributed by atoms with van der Waals surface area (Å²) in [5, 5.41) is 10.6. The number of nitrogens with one attached hydrogen (secondary N) is 2. The van der Waals surface area contributed by atoms with E-state index in [1.54, 1.807) is 4.68 Å². The van der Waals surface area contributed by atoms with E-state index in [2.05, 4.69) is 26.8 Å². The molecule has 3 aromatic rings. The molecule has 1 aromatic heterocycles. The minimum atomic E-state index is -0.342. The molecule has 1 aliphatic heterocycles. The van der Waals surface area contributed by atoms with Crippen molar-refractivity contribution in [2.45, 2.75) is 33.7 Å². The molecule has 0 unspecified atom stereocenters. The maximum atomic E-state index is 13.3. The molecule has 1 amide bonds. The predicted octanol–water partition coefficient (Wildman–Crippen LogP) is 4.13. The third-order valence-electron chi connectivity index (χ3n) is 5.06. The lowest BCUT2D eigenvalue weighted by Gasteiger charge is -2.29. The Kier molecular flexibility index (Phi) is 4.47. The second-order valence-electron chi connectivity index (χ2n) is 7.28. The second-order valence-corrected chi connectivity index (χ2v) is 7.28. The molecule has 2 N–H and O–H groups in total. The van der Waals surface area contributed by atoms with Gasteiger partial charge in [-0.2, -0.15) is 10.1 Å². The highest BCUT2D eigenvalue weighted by Crippen LogP contribution is 2.35. The molecule has 0 bridgehead atoms. The molecule has 0 aliphatic carbocycles. The van der Waals surface area contributed by atoms with Crippen molar-refractivity contribution in [2.75, 3.05) is 10.6 Å². The number of allylic oxidation sites excluding steroid dienone is 1. The Bertz CT molecular complexity index is 1080. The van der Waals surface area contributed by atoms with E-state index >= 15 is 0 Å². The van der Waals surface area contributed by atoms with E-state index < -0.39 is 0 Å². The molecule has 0 radical (unpaired) electrons. The molecule has 0 saturated heterocycles. The summed E-state index contributed by atoms with van der Waals surface area (Å²) in [5.41, 5.74) is 6.55. The minimum Gasteiger partial charge on any atom is -0.328 e. The van der Waals surface area contributed by atoms with Crippen LogP contribution in [-0.4, -0.2) is 20.7 Å². The van der Waals surface area contributed by atoms with Crippen molar-refractivity contribution in [2.24, 2.45) is 0 Å². The first-order chi connectivity index (χ1) is 13.4. The zero-order valence-electron chi connectivity index (χ0n) is 16.4. The lowest BCUT2D eigenvalue weighted by atomic mass is 9.94. The molecule has 28 heavy (non-hydrogen) atoms. The molecule has 142 valence electrons. The third-order valence-corrected chi connectivity index (χ3v) is 5.06. The van der Waals surface area contributed by atoms with Crippen LogP contribution in [0.4, 0.5) is 11.6 Å². The van der Waals surface area contributed by atoms with Crippen LogP contribution in [0.15, 0.2) is 60.1 Å². The predicted molar refractivity (Wildman–Crippen MR) is 110 cm³/mol. The number of aromatic nitrogens is 3. The Morgan fingerprint density at radius 2 is 1.75 bits per heavy atom. The average Bonchev–Trinajstić information content (AvgIpc) is 3.11. The highest BCUT2D eigenvalue weighted by molar-refractivity contribution is 6.06. The molecular weight excluding hydrogens is 350 g/mol. The van der Waals surface area contributed by atoms with Gasteiger partial charge in [-0.3, -0.25) is 4.79 Å². The summed E-state index contributed by atoms with van der Waals surface area (Å²) >= 11 is 0. The summed E-state index contributed by atoms with van der Waals surface area (Å²) < 4.78 is 1.76. The first kappa shape index (κ1) is 18.0. The van der Waals surface area contributed by atoms with Crippen LogP contribution in [0.1, 0.15) is 35.2 Å². The summed E-state index contributed by atoms with van der Waals surface area (Å²) in [7, 11) is 0. The first-order valence-corrected chi connectivity index (χ1v) is 9.26. The zero-order valence-corrected chi connectivity index (χ0v) is 16.4. The number of amides is 1. The highest BCUT2D eigenvalue weighted by atomic mass is 16.1. The SMILES string of the molecule is CC1=C(C(=O)Nc2ccc(C)cc2C)[C@H](c2ccc(C)cc2)n2ncnc2N1. The Morgan fingerprint density at radius 3 is 2.46 bits per heavy atom. The molecule has 2 heterocycles. The largest absolute Gasteiger partial charge is 0.328 e. The molecule has 0 saturated carbocycles. The van der Waals surface area contributed by atoms with Crippen LogP contribution in [0.5, 0.6) is 0 Å². The lowest BCUT2D eigenvalue weighted by molar-refractivity contribution is -0.113. The quantitative estimate of drug-likeness (QED) is 0.724. The summed E-state index contributed by atoms with van der Waals surface area (Å²) in [6.45, 7) is 7.98. The van der Waals surface area contributed by atoms with Gasteiger partial charge in [0.1, 0.15) is 12.4 Å². The van der Waals surface area contributed by atoms with Crippen molar-refractivity contribution in [3.8, 4) is 0 Å². The highest BCUT2D eigenvalue weighted by Gasteiger charge is 2.33. The molecular formula is C22H23N5O. The fraction of sp³-hybridized carbons (Fsp3) is 0.227. The van der Waals surface area contributed by atoms with Gasteiger partial charge in [-0.1, -0.05) is 47.5 Å². The average molecular weight is 373 g/mol. The fourth-order valence-electron chi connectivity index (χ4n) is 3.59. The second kappa shape index (κ2) is 6.96. The number of anilines is 2. The van der Waals surface area contributed by atoms with E-state index in [0.717, 1.165) is 28.1 Å². The Balaban J connectivity index is 1.76. The van der Waals surface area contributed by atoms with Crippen molar-refractivity contribution >= 4 is 17.5 Å². The number of carbonyl (C=O) groups excluding carboxylic acids is 1.